The molecule has 3 rings (SSSR count). The van der Waals surface area contributed by atoms with Crippen LogP contribution in [0.2, 0.25) is 0 Å². The molecule has 0 bridgehead atoms. The lowest BCUT2D eigenvalue weighted by Gasteiger charge is -2.32. The van der Waals surface area contributed by atoms with Crippen LogP contribution in [0.15, 0.2) is 42.7 Å². The topological polar surface area (TPSA) is 24.9 Å². The molecule has 0 fully saturated rings. The average Bonchev–Trinajstić information content (AvgIpc) is 2.46. The number of nitrogens with one attached hydrogen (secondary N) is 1. The van der Waals surface area contributed by atoms with Crippen LogP contribution in [0.5, 0.6) is 0 Å². The number of hydrogen-bond donors (Lipinski definition) is 1. The summed E-state index contributed by atoms with van der Waals surface area (Å²) in [6.07, 6.45) is 4.91. The van der Waals surface area contributed by atoms with Crippen LogP contribution in [0, 0.1) is 0 Å². The largest absolute Gasteiger partial charge is 0.303 e. The molecular formula is C18H22N2. The van der Waals surface area contributed by atoms with Crippen molar-refractivity contribution in [2.75, 3.05) is 0 Å². The van der Waals surface area contributed by atoms with E-state index in [4.69, 9.17) is 0 Å². The van der Waals surface area contributed by atoms with E-state index in [9.17, 15) is 0 Å². The minimum atomic E-state index is 0.265. The molecule has 1 aliphatic rings. The lowest BCUT2D eigenvalue weighted by atomic mass is 9.85. The summed E-state index contributed by atoms with van der Waals surface area (Å²) in [7, 11) is 0. The van der Waals surface area contributed by atoms with Crippen molar-refractivity contribution in [1.29, 1.82) is 0 Å². The molecule has 0 saturated carbocycles. The SMILES string of the molecule is CC1Cc2ccc(C(C)C)cc2C(c2cccnc2)N1. The van der Waals surface area contributed by atoms with E-state index in [1.807, 2.05) is 18.5 Å². The predicted molar refractivity (Wildman–Crippen MR) is 82.9 cm³/mol. The van der Waals surface area contributed by atoms with E-state index in [-0.39, 0.29) is 6.04 Å². The number of hydrogen-bond acceptors (Lipinski definition) is 2. The third kappa shape index (κ3) is 2.48. The Morgan fingerprint density at radius 3 is 2.80 bits per heavy atom. The Morgan fingerprint density at radius 2 is 2.10 bits per heavy atom. The van der Waals surface area contributed by atoms with Crippen molar-refractivity contribution in [3.8, 4) is 0 Å². The predicted octanol–water partition coefficient (Wildman–Crippen LogP) is 3.83. The number of benzene rings is 1. The lowest BCUT2D eigenvalue weighted by molar-refractivity contribution is 0.463. The second-order valence-electron chi connectivity index (χ2n) is 6.10. The van der Waals surface area contributed by atoms with Gasteiger partial charge in [0.1, 0.15) is 0 Å². The Morgan fingerprint density at radius 1 is 1.25 bits per heavy atom. The van der Waals surface area contributed by atoms with Gasteiger partial charge >= 0.3 is 0 Å². The van der Waals surface area contributed by atoms with Crippen LogP contribution in [0.3, 0.4) is 0 Å². The second kappa shape index (κ2) is 5.37. The molecule has 2 nitrogen and oxygen atoms in total. The van der Waals surface area contributed by atoms with Crippen molar-refractivity contribution in [1.82, 2.24) is 10.3 Å². The smallest absolute Gasteiger partial charge is 0.0596 e. The van der Waals surface area contributed by atoms with Gasteiger partial charge in [0.25, 0.3) is 0 Å². The molecule has 2 heterocycles. The zero-order chi connectivity index (χ0) is 14.1. The fourth-order valence-corrected chi connectivity index (χ4v) is 3.01. The Labute approximate surface area is 121 Å². The van der Waals surface area contributed by atoms with Crippen LogP contribution in [0.25, 0.3) is 0 Å². The van der Waals surface area contributed by atoms with Crippen molar-refractivity contribution in [2.24, 2.45) is 0 Å². The van der Waals surface area contributed by atoms with E-state index in [2.05, 4.69) is 55.3 Å². The van der Waals surface area contributed by atoms with Crippen LogP contribution >= 0.6 is 0 Å². The third-order valence-electron chi connectivity index (χ3n) is 4.14. The summed E-state index contributed by atoms with van der Waals surface area (Å²) >= 11 is 0. The van der Waals surface area contributed by atoms with Gasteiger partial charge in [0.2, 0.25) is 0 Å². The second-order valence-corrected chi connectivity index (χ2v) is 6.10. The van der Waals surface area contributed by atoms with Gasteiger partial charge in [0, 0.05) is 18.4 Å². The van der Waals surface area contributed by atoms with Gasteiger partial charge in [-0.1, -0.05) is 38.1 Å². The zero-order valence-corrected chi connectivity index (χ0v) is 12.4. The third-order valence-corrected chi connectivity index (χ3v) is 4.14. The Kier molecular flexibility index (Phi) is 3.58. The van der Waals surface area contributed by atoms with Crippen LogP contribution in [-0.4, -0.2) is 11.0 Å². The first kappa shape index (κ1) is 13.3. The number of fused-ring (bicyclic) bond motifs is 1. The van der Waals surface area contributed by atoms with Gasteiger partial charge in [-0.05, 0) is 47.6 Å². The molecule has 2 heteroatoms. The quantitative estimate of drug-likeness (QED) is 0.893. The number of rotatable bonds is 2. The van der Waals surface area contributed by atoms with Gasteiger partial charge in [-0.25, -0.2) is 0 Å². The highest BCUT2D eigenvalue weighted by atomic mass is 15.0. The molecule has 0 amide bonds. The van der Waals surface area contributed by atoms with E-state index in [1.54, 1.807) is 0 Å². The van der Waals surface area contributed by atoms with Crippen molar-refractivity contribution in [3.05, 3.63) is 65.0 Å². The molecule has 1 aliphatic heterocycles. The fraction of sp³-hybridized carbons (Fsp3) is 0.389. The monoisotopic (exact) mass is 266 g/mol. The Bertz CT molecular complexity index is 590. The van der Waals surface area contributed by atoms with Gasteiger partial charge in [-0.15, -0.1) is 0 Å². The summed E-state index contributed by atoms with van der Waals surface area (Å²) < 4.78 is 0. The molecule has 1 aromatic carbocycles. The van der Waals surface area contributed by atoms with E-state index in [0.717, 1.165) is 6.42 Å². The Hall–Kier alpha value is -1.67. The molecule has 1 N–H and O–H groups in total. The minimum Gasteiger partial charge on any atom is -0.303 e. The molecule has 0 radical (unpaired) electrons. The first-order chi connectivity index (χ1) is 9.65. The van der Waals surface area contributed by atoms with Gasteiger partial charge in [-0.2, -0.15) is 0 Å². The molecule has 2 aromatic rings. The summed E-state index contributed by atoms with van der Waals surface area (Å²) in [5.74, 6) is 0.564. The molecule has 1 aromatic heterocycles. The Balaban J connectivity index is 2.08. The summed E-state index contributed by atoms with van der Waals surface area (Å²) in [6.45, 7) is 6.75. The molecule has 0 spiro atoms. The normalized spacial score (nSPS) is 21.8. The molecule has 0 saturated heterocycles. The first-order valence-corrected chi connectivity index (χ1v) is 7.44. The summed E-state index contributed by atoms with van der Waals surface area (Å²) in [4.78, 5) is 4.28. The van der Waals surface area contributed by atoms with Crippen molar-refractivity contribution in [2.45, 2.75) is 45.2 Å². The highest BCUT2D eigenvalue weighted by molar-refractivity contribution is 5.42. The van der Waals surface area contributed by atoms with E-state index >= 15 is 0 Å². The zero-order valence-electron chi connectivity index (χ0n) is 12.4. The maximum Gasteiger partial charge on any atom is 0.0596 e. The standard InChI is InChI=1S/C18H22N2/c1-12(2)14-6-7-15-9-13(3)20-18(17(15)10-14)16-5-4-8-19-11-16/h4-8,10-13,18,20H,9H2,1-3H3. The van der Waals surface area contributed by atoms with Crippen LogP contribution in [0.4, 0.5) is 0 Å². The number of aromatic nitrogens is 1. The van der Waals surface area contributed by atoms with Crippen molar-refractivity contribution >= 4 is 0 Å². The molecule has 104 valence electrons. The average molecular weight is 266 g/mol. The molecule has 2 unspecified atom stereocenters. The highest BCUT2D eigenvalue weighted by Gasteiger charge is 2.25. The van der Waals surface area contributed by atoms with E-state index in [1.165, 1.54) is 22.3 Å². The number of pyridine rings is 1. The number of nitrogens with zero attached hydrogens (tertiary/aromatic N) is 1. The lowest BCUT2D eigenvalue weighted by Crippen LogP contribution is -2.38. The minimum absolute atomic E-state index is 0.265. The molecule has 20 heavy (non-hydrogen) atoms. The molecule has 0 aliphatic carbocycles. The maximum absolute atomic E-state index is 4.28. The van der Waals surface area contributed by atoms with Gasteiger partial charge in [-0.3, -0.25) is 4.98 Å². The summed E-state index contributed by atoms with van der Waals surface area (Å²) in [5.41, 5.74) is 5.55. The van der Waals surface area contributed by atoms with Crippen LogP contribution in [0.1, 0.15) is 55.0 Å². The van der Waals surface area contributed by atoms with Crippen LogP contribution in [-0.2, 0) is 6.42 Å². The van der Waals surface area contributed by atoms with Gasteiger partial charge < -0.3 is 5.32 Å². The van der Waals surface area contributed by atoms with E-state index < -0.39 is 0 Å². The van der Waals surface area contributed by atoms with Gasteiger partial charge in [0.05, 0.1) is 6.04 Å². The first-order valence-electron chi connectivity index (χ1n) is 7.44. The van der Waals surface area contributed by atoms with Crippen molar-refractivity contribution in [3.63, 3.8) is 0 Å². The summed E-state index contributed by atoms with van der Waals surface area (Å²) in [5, 5.41) is 3.71. The molecule has 2 atom stereocenters. The van der Waals surface area contributed by atoms with Gasteiger partial charge in [0.15, 0.2) is 0 Å². The van der Waals surface area contributed by atoms with E-state index in [0.29, 0.717) is 12.0 Å². The van der Waals surface area contributed by atoms with Crippen LogP contribution < -0.4 is 5.32 Å². The molecular weight excluding hydrogens is 244 g/mol. The maximum atomic E-state index is 4.28. The van der Waals surface area contributed by atoms with Crippen molar-refractivity contribution < 1.29 is 0 Å². The highest BCUT2D eigenvalue weighted by Crippen LogP contribution is 2.32. The fourth-order valence-electron chi connectivity index (χ4n) is 3.01. The summed E-state index contributed by atoms with van der Waals surface area (Å²) in [6, 6.07) is 11.9.